The van der Waals surface area contributed by atoms with Gasteiger partial charge in [-0.15, -0.1) is 0 Å². The van der Waals surface area contributed by atoms with Gasteiger partial charge in [0.15, 0.2) is 0 Å². The molecule has 1 aliphatic carbocycles. The second kappa shape index (κ2) is 10.7. The molecule has 4 aromatic rings. The zero-order valence-electron chi connectivity index (χ0n) is 21.6. The fourth-order valence-electron chi connectivity index (χ4n) is 4.71. The fourth-order valence-corrected chi connectivity index (χ4v) is 4.71. The van der Waals surface area contributed by atoms with E-state index in [0.29, 0.717) is 16.9 Å². The van der Waals surface area contributed by atoms with Crippen molar-refractivity contribution in [1.29, 1.82) is 0 Å². The average Bonchev–Trinajstić information content (AvgIpc) is 3.24. The molecule has 0 atom stereocenters. The Hall–Kier alpha value is -5.43. The molecular formula is C33H26N4O3. The Morgan fingerprint density at radius 1 is 0.650 bits per heavy atom. The summed E-state index contributed by atoms with van der Waals surface area (Å²) in [5.41, 5.74) is 5.59. The number of imide groups is 1. The maximum atomic E-state index is 13.3. The first-order chi connectivity index (χ1) is 19.5. The molecule has 3 N–H and O–H groups in total. The first kappa shape index (κ1) is 24.9. The van der Waals surface area contributed by atoms with Gasteiger partial charge >= 0.3 is 0 Å². The van der Waals surface area contributed by atoms with Crippen LogP contribution in [-0.2, 0) is 0 Å². The van der Waals surface area contributed by atoms with E-state index < -0.39 is 11.8 Å². The number of rotatable bonds is 7. The van der Waals surface area contributed by atoms with Crippen LogP contribution < -0.4 is 20.9 Å². The van der Waals surface area contributed by atoms with E-state index in [0.717, 1.165) is 40.5 Å². The Bertz CT molecular complexity index is 1660. The molecule has 3 amide bonds. The van der Waals surface area contributed by atoms with E-state index >= 15 is 0 Å². The molecule has 0 unspecified atom stereocenters. The van der Waals surface area contributed by atoms with Gasteiger partial charge in [-0.25, -0.2) is 4.90 Å². The maximum Gasteiger partial charge on any atom is 0.266 e. The molecule has 0 bridgehead atoms. The number of carbonyl (C=O) groups excluding carboxylic acids is 3. The van der Waals surface area contributed by atoms with Crippen LogP contribution >= 0.6 is 0 Å². The number of allylic oxidation sites excluding steroid dienone is 3. The lowest BCUT2D eigenvalue weighted by molar-refractivity contribution is 0.0925. The van der Waals surface area contributed by atoms with Crippen molar-refractivity contribution in [1.82, 2.24) is 0 Å². The second-order valence-corrected chi connectivity index (χ2v) is 9.54. The minimum Gasteiger partial charge on any atom is -0.356 e. The van der Waals surface area contributed by atoms with Gasteiger partial charge in [0.2, 0.25) is 0 Å². The molecule has 7 heteroatoms. The van der Waals surface area contributed by atoms with Crippen molar-refractivity contribution in [3.63, 3.8) is 0 Å². The molecule has 6 rings (SSSR count). The summed E-state index contributed by atoms with van der Waals surface area (Å²) in [6.45, 7) is 0. The third-order valence-electron chi connectivity index (χ3n) is 6.76. The predicted octanol–water partition coefficient (Wildman–Crippen LogP) is 7.13. The third kappa shape index (κ3) is 5.13. The monoisotopic (exact) mass is 526 g/mol. The zero-order chi connectivity index (χ0) is 27.5. The molecule has 0 saturated carbocycles. The Morgan fingerprint density at radius 2 is 1.30 bits per heavy atom. The second-order valence-electron chi connectivity index (χ2n) is 9.54. The summed E-state index contributed by atoms with van der Waals surface area (Å²) in [5, 5.41) is 9.49. The highest BCUT2D eigenvalue weighted by molar-refractivity contribution is 6.34. The molecular weight excluding hydrogens is 500 g/mol. The van der Waals surface area contributed by atoms with Gasteiger partial charge in [-0.1, -0.05) is 30.4 Å². The summed E-state index contributed by atoms with van der Waals surface area (Å²) >= 11 is 0. The number of amides is 3. The highest BCUT2D eigenvalue weighted by Gasteiger charge is 2.37. The summed E-state index contributed by atoms with van der Waals surface area (Å²) in [4.78, 5) is 40.5. The molecule has 2 aliphatic rings. The van der Waals surface area contributed by atoms with Crippen molar-refractivity contribution >= 4 is 46.2 Å². The highest BCUT2D eigenvalue weighted by atomic mass is 16.2. The maximum absolute atomic E-state index is 13.3. The van der Waals surface area contributed by atoms with Crippen LogP contribution in [0.5, 0.6) is 0 Å². The van der Waals surface area contributed by atoms with Gasteiger partial charge in [-0.05, 0) is 97.8 Å². The van der Waals surface area contributed by atoms with Gasteiger partial charge in [0.25, 0.3) is 17.7 Å². The summed E-state index contributed by atoms with van der Waals surface area (Å²) in [6.07, 6.45) is 8.40. The predicted molar refractivity (Wildman–Crippen MR) is 158 cm³/mol. The molecule has 0 fully saturated rings. The number of fused-ring (bicyclic) bond motifs is 1. The van der Waals surface area contributed by atoms with E-state index in [1.54, 1.807) is 18.2 Å². The topological polar surface area (TPSA) is 90.5 Å². The lowest BCUT2D eigenvalue weighted by atomic mass is 10.1. The minimum atomic E-state index is -0.458. The highest BCUT2D eigenvalue weighted by Crippen LogP contribution is 2.31. The van der Waals surface area contributed by atoms with Gasteiger partial charge in [0.05, 0.1) is 16.8 Å². The lowest BCUT2D eigenvalue weighted by Crippen LogP contribution is -2.29. The molecule has 4 aromatic carbocycles. The fraction of sp³-hybridized carbons (Fsp3) is 0.0606. The van der Waals surface area contributed by atoms with Crippen molar-refractivity contribution in [3.05, 3.63) is 138 Å². The summed E-state index contributed by atoms with van der Waals surface area (Å²) < 4.78 is 0. The van der Waals surface area contributed by atoms with E-state index in [9.17, 15) is 14.4 Å². The van der Waals surface area contributed by atoms with Crippen molar-refractivity contribution in [2.24, 2.45) is 0 Å². The number of para-hydroxylation sites is 1. The molecule has 7 nitrogen and oxygen atoms in total. The molecule has 0 aromatic heterocycles. The van der Waals surface area contributed by atoms with Crippen LogP contribution in [0.3, 0.4) is 0 Å². The normalized spacial score (nSPS) is 14.0. The van der Waals surface area contributed by atoms with Crippen molar-refractivity contribution in [3.8, 4) is 0 Å². The molecule has 0 saturated heterocycles. The van der Waals surface area contributed by atoms with E-state index in [4.69, 9.17) is 0 Å². The SMILES string of the molecule is O=C(Nc1ccc(NC2=CCCC=C2)cc1)c1ccc2c(c1)C(=O)N(c1ccc(Nc3ccccc3)cc1)C2=O. The number of hydrogen-bond acceptors (Lipinski definition) is 5. The van der Waals surface area contributed by atoms with Gasteiger partial charge in [-0.2, -0.15) is 0 Å². The van der Waals surface area contributed by atoms with E-state index in [1.165, 1.54) is 12.1 Å². The first-order valence-electron chi connectivity index (χ1n) is 13.1. The van der Waals surface area contributed by atoms with Gasteiger partial charge in [0.1, 0.15) is 0 Å². The van der Waals surface area contributed by atoms with Crippen LogP contribution in [0.4, 0.5) is 28.4 Å². The van der Waals surface area contributed by atoms with Crippen LogP contribution in [0.15, 0.2) is 121 Å². The number of benzene rings is 4. The molecule has 196 valence electrons. The number of nitrogens with one attached hydrogen (secondary N) is 3. The molecule has 40 heavy (non-hydrogen) atoms. The van der Waals surface area contributed by atoms with Crippen LogP contribution in [-0.4, -0.2) is 17.7 Å². The zero-order valence-corrected chi connectivity index (χ0v) is 21.6. The van der Waals surface area contributed by atoms with Gasteiger partial charge in [0, 0.05) is 34.0 Å². The lowest BCUT2D eigenvalue weighted by Gasteiger charge is -2.15. The van der Waals surface area contributed by atoms with Crippen LogP contribution in [0.1, 0.15) is 43.9 Å². The average molecular weight is 527 g/mol. The van der Waals surface area contributed by atoms with Crippen molar-refractivity contribution < 1.29 is 14.4 Å². The van der Waals surface area contributed by atoms with E-state index in [2.05, 4.69) is 34.2 Å². The standard InChI is InChI=1S/C33H26N4O3/c38-31(36-27-14-12-25(13-15-27)34-23-7-3-1-4-8-23)22-11-20-29-30(21-22)33(40)37(32(29)39)28-18-16-26(17-19-28)35-24-9-5-2-6-10-24/h2-3,5-21,34-35H,1,4H2,(H,36,38). The third-order valence-corrected chi connectivity index (χ3v) is 6.76. The van der Waals surface area contributed by atoms with Crippen LogP contribution in [0.25, 0.3) is 0 Å². The number of carbonyl (C=O) groups is 3. The van der Waals surface area contributed by atoms with E-state index in [-0.39, 0.29) is 17.0 Å². The van der Waals surface area contributed by atoms with E-state index in [1.807, 2.05) is 66.7 Å². The van der Waals surface area contributed by atoms with Gasteiger partial charge < -0.3 is 16.0 Å². The number of anilines is 5. The Labute approximate surface area is 231 Å². The Morgan fingerprint density at radius 3 is 2.02 bits per heavy atom. The molecule has 1 aliphatic heterocycles. The molecule has 0 radical (unpaired) electrons. The first-order valence-corrected chi connectivity index (χ1v) is 13.1. The smallest absolute Gasteiger partial charge is 0.266 e. The summed E-state index contributed by atoms with van der Waals surface area (Å²) in [7, 11) is 0. The molecule has 0 spiro atoms. The van der Waals surface area contributed by atoms with Crippen LogP contribution in [0, 0.1) is 0 Å². The van der Waals surface area contributed by atoms with Crippen LogP contribution in [0.2, 0.25) is 0 Å². The Kier molecular flexibility index (Phi) is 6.68. The molecule has 1 heterocycles. The van der Waals surface area contributed by atoms with Gasteiger partial charge in [-0.3, -0.25) is 14.4 Å². The number of hydrogen-bond donors (Lipinski definition) is 3. The number of nitrogens with zero attached hydrogens (tertiary/aromatic N) is 1. The van der Waals surface area contributed by atoms with Crippen molar-refractivity contribution in [2.45, 2.75) is 12.8 Å². The summed E-state index contributed by atoms with van der Waals surface area (Å²) in [6, 6.07) is 28.8. The van der Waals surface area contributed by atoms with Crippen molar-refractivity contribution in [2.75, 3.05) is 20.9 Å². The quantitative estimate of drug-likeness (QED) is 0.223. The minimum absolute atomic E-state index is 0.206. The summed E-state index contributed by atoms with van der Waals surface area (Å²) in [5.74, 6) is -1.24. The Balaban J connectivity index is 1.13. The largest absolute Gasteiger partial charge is 0.356 e.